The number of methoxy groups -OCH3 is 2. The molecule has 0 N–H and O–H groups in total. The van der Waals surface area contributed by atoms with Gasteiger partial charge in [-0.05, 0) is 121 Å². The van der Waals surface area contributed by atoms with Crippen LogP contribution in [0.2, 0.25) is 0 Å². The van der Waals surface area contributed by atoms with Gasteiger partial charge in [-0.25, -0.2) is 0 Å². The van der Waals surface area contributed by atoms with Crippen LogP contribution in [-0.4, -0.2) is 26.4 Å². The van der Waals surface area contributed by atoms with Gasteiger partial charge in [-0.2, -0.15) is 0 Å². The van der Waals surface area contributed by atoms with Crippen molar-refractivity contribution in [1.29, 1.82) is 0 Å². The molecule has 0 saturated heterocycles. The first-order valence-corrected chi connectivity index (χ1v) is 18.2. The Hall–Kier alpha value is -0.0400. The van der Waals surface area contributed by atoms with Crippen molar-refractivity contribution < 1.29 is 18.5 Å². The zero-order valence-electron chi connectivity index (χ0n) is 17.9. The number of ether oxygens (including phenoxy) is 2. The zero-order chi connectivity index (χ0) is 22.4. The summed E-state index contributed by atoms with van der Waals surface area (Å²) in [4.78, 5) is 0. The summed E-state index contributed by atoms with van der Waals surface area (Å²) in [6, 6.07) is 15.6. The van der Waals surface area contributed by atoms with Crippen LogP contribution in [0.25, 0.3) is 0 Å². The standard InChI is InChI=1S/C20H28O4P2S4/c1-15(2)23-25(27,19-11-7-17(21-5)8-12-19)29-30-26(28,24-16(3)4)20-13-9-18(22-6)10-14-20/h7-16H,1-6H3. The van der Waals surface area contributed by atoms with Crippen molar-refractivity contribution in [1.82, 2.24) is 0 Å². The molecule has 0 saturated carbocycles. The third-order valence-corrected chi connectivity index (χ3v) is 21.6. The number of hydrogen-bond acceptors (Lipinski definition) is 8. The minimum absolute atomic E-state index is 0.00380. The minimum Gasteiger partial charge on any atom is -0.497 e. The second-order valence-corrected chi connectivity index (χ2v) is 21.7. The van der Waals surface area contributed by atoms with E-state index in [4.69, 9.17) is 42.1 Å². The van der Waals surface area contributed by atoms with E-state index in [1.165, 1.54) is 0 Å². The molecule has 2 rings (SSSR count). The van der Waals surface area contributed by atoms with Crippen LogP contribution in [0.1, 0.15) is 27.7 Å². The summed E-state index contributed by atoms with van der Waals surface area (Å²) in [7, 11) is 6.38. The molecule has 2 aromatic rings. The summed E-state index contributed by atoms with van der Waals surface area (Å²) in [6.45, 7) is 8.00. The zero-order valence-corrected chi connectivity index (χ0v) is 23.0. The van der Waals surface area contributed by atoms with E-state index in [2.05, 4.69) is 0 Å². The average molecular weight is 523 g/mol. The Kier molecular flexibility index (Phi) is 10.2. The van der Waals surface area contributed by atoms with Gasteiger partial charge in [-0.15, -0.1) is 0 Å². The van der Waals surface area contributed by atoms with Crippen LogP contribution in [0.4, 0.5) is 0 Å². The van der Waals surface area contributed by atoms with E-state index in [-0.39, 0.29) is 12.2 Å². The average Bonchev–Trinajstić information content (AvgIpc) is 2.71. The largest absolute Gasteiger partial charge is 0.497 e. The Balaban J connectivity index is 2.35. The quantitative estimate of drug-likeness (QED) is 0.244. The topological polar surface area (TPSA) is 36.9 Å². The maximum atomic E-state index is 6.29. The summed E-state index contributed by atoms with van der Waals surface area (Å²) < 4.78 is 23.2. The van der Waals surface area contributed by atoms with Crippen LogP contribution in [0.15, 0.2) is 48.5 Å². The highest BCUT2D eigenvalue weighted by atomic mass is 33.5. The predicted molar refractivity (Wildman–Crippen MR) is 141 cm³/mol. The molecule has 0 aromatic heterocycles. The third-order valence-electron chi connectivity index (χ3n) is 3.71. The highest BCUT2D eigenvalue weighted by molar-refractivity contribution is 9.19. The molecule has 0 spiro atoms. The molecule has 166 valence electrons. The first kappa shape index (κ1) is 26.2. The van der Waals surface area contributed by atoms with Crippen LogP contribution in [-0.2, 0) is 32.7 Å². The number of rotatable bonds is 11. The second-order valence-electron chi connectivity index (χ2n) is 6.85. The fourth-order valence-corrected chi connectivity index (χ4v) is 22.9. The lowest BCUT2D eigenvalue weighted by Crippen LogP contribution is -2.10. The van der Waals surface area contributed by atoms with E-state index >= 15 is 0 Å². The second kappa shape index (κ2) is 11.7. The highest BCUT2D eigenvalue weighted by Crippen LogP contribution is 2.76. The van der Waals surface area contributed by atoms with Gasteiger partial charge in [0, 0.05) is 10.6 Å². The van der Waals surface area contributed by atoms with Gasteiger partial charge >= 0.3 is 0 Å². The third kappa shape index (κ3) is 7.25. The van der Waals surface area contributed by atoms with Crippen LogP contribution < -0.4 is 20.1 Å². The van der Waals surface area contributed by atoms with Gasteiger partial charge in [0.05, 0.1) is 26.4 Å². The van der Waals surface area contributed by atoms with Gasteiger partial charge in [0.15, 0.2) is 10.9 Å². The lowest BCUT2D eigenvalue weighted by Gasteiger charge is -2.28. The Labute approximate surface area is 197 Å². The lowest BCUT2D eigenvalue weighted by atomic mass is 10.3. The summed E-state index contributed by atoms with van der Waals surface area (Å²) >= 11 is 12.2. The van der Waals surface area contributed by atoms with Crippen molar-refractivity contribution in [3.63, 3.8) is 0 Å². The van der Waals surface area contributed by atoms with E-state index in [1.807, 2.05) is 76.2 Å². The van der Waals surface area contributed by atoms with Crippen molar-refractivity contribution >= 4 is 66.0 Å². The molecule has 30 heavy (non-hydrogen) atoms. The first-order valence-electron chi connectivity index (χ1n) is 9.36. The normalized spacial score (nSPS) is 15.6. The van der Waals surface area contributed by atoms with E-state index in [0.29, 0.717) is 0 Å². The van der Waals surface area contributed by atoms with E-state index in [0.717, 1.165) is 22.1 Å². The number of hydrogen-bond donors (Lipinski definition) is 0. The molecule has 2 atom stereocenters. The molecule has 0 aliphatic rings. The fraction of sp³-hybridized carbons (Fsp3) is 0.400. The molecule has 0 radical (unpaired) electrons. The summed E-state index contributed by atoms with van der Waals surface area (Å²) in [5.41, 5.74) is -4.84. The summed E-state index contributed by atoms with van der Waals surface area (Å²) in [5.74, 6) is 1.57. The molecule has 0 heterocycles. The van der Waals surface area contributed by atoms with Gasteiger partial charge in [0.2, 0.25) is 0 Å². The van der Waals surface area contributed by atoms with E-state index < -0.39 is 10.9 Å². The van der Waals surface area contributed by atoms with Crippen LogP contribution in [0.3, 0.4) is 0 Å². The van der Waals surface area contributed by atoms with Crippen molar-refractivity contribution in [3.8, 4) is 11.5 Å². The van der Waals surface area contributed by atoms with Crippen LogP contribution >= 0.6 is 31.8 Å². The molecular formula is C20H28O4P2S4. The smallest absolute Gasteiger partial charge is 0.159 e. The Morgan fingerprint density at radius 1 is 0.633 bits per heavy atom. The molecule has 4 nitrogen and oxygen atoms in total. The highest BCUT2D eigenvalue weighted by Gasteiger charge is 2.31. The molecule has 0 bridgehead atoms. The fourth-order valence-electron chi connectivity index (χ4n) is 2.42. The molecule has 2 aromatic carbocycles. The predicted octanol–water partition coefficient (Wildman–Crippen LogP) is 6.51. The first-order chi connectivity index (χ1) is 14.1. The van der Waals surface area contributed by atoms with Gasteiger partial charge in [-0.3, -0.25) is 0 Å². The molecule has 0 aliphatic heterocycles. The lowest BCUT2D eigenvalue weighted by molar-refractivity contribution is 0.278. The van der Waals surface area contributed by atoms with Gasteiger partial charge in [0.1, 0.15) is 11.5 Å². The molecule has 0 aliphatic carbocycles. The monoisotopic (exact) mass is 522 g/mol. The molecule has 0 fully saturated rings. The van der Waals surface area contributed by atoms with Gasteiger partial charge in [-0.1, -0.05) is 0 Å². The van der Waals surface area contributed by atoms with E-state index in [9.17, 15) is 0 Å². The van der Waals surface area contributed by atoms with Gasteiger partial charge < -0.3 is 18.5 Å². The van der Waals surface area contributed by atoms with Crippen molar-refractivity contribution in [2.75, 3.05) is 14.2 Å². The molecule has 10 heteroatoms. The molecule has 2 unspecified atom stereocenters. The van der Waals surface area contributed by atoms with Crippen molar-refractivity contribution in [2.45, 2.75) is 39.9 Å². The van der Waals surface area contributed by atoms with Crippen molar-refractivity contribution in [3.05, 3.63) is 48.5 Å². The molecular weight excluding hydrogens is 494 g/mol. The summed E-state index contributed by atoms with van der Waals surface area (Å²) in [6.07, 6.45) is -0.00760. The number of benzene rings is 2. The van der Waals surface area contributed by atoms with Crippen molar-refractivity contribution in [2.24, 2.45) is 0 Å². The molecule has 0 amide bonds. The SMILES string of the molecule is COc1ccc(P(=S)(OC(C)C)SSP(=S)(OC(C)C)c2ccc(OC)cc2)cc1. The Morgan fingerprint density at radius 3 is 1.17 bits per heavy atom. The van der Waals surface area contributed by atoms with Gasteiger partial charge in [0.25, 0.3) is 0 Å². The van der Waals surface area contributed by atoms with Crippen LogP contribution in [0, 0.1) is 0 Å². The minimum atomic E-state index is -2.42. The maximum Gasteiger partial charge on any atom is 0.159 e. The Morgan fingerprint density at radius 2 is 0.933 bits per heavy atom. The Bertz CT molecular complexity index is 827. The maximum absolute atomic E-state index is 6.29. The van der Waals surface area contributed by atoms with E-state index in [1.54, 1.807) is 35.0 Å². The van der Waals surface area contributed by atoms with Crippen LogP contribution in [0.5, 0.6) is 11.5 Å². The summed E-state index contributed by atoms with van der Waals surface area (Å²) in [5, 5.41) is 1.95.